The topological polar surface area (TPSA) is 59.1 Å². The zero-order valence-electron chi connectivity index (χ0n) is 10.5. The molecule has 0 aliphatic carbocycles. The summed E-state index contributed by atoms with van der Waals surface area (Å²) in [5, 5.41) is 8.46. The molecule has 0 spiro atoms. The minimum atomic E-state index is 0.267. The molecule has 4 heteroatoms. The van der Waals surface area contributed by atoms with Gasteiger partial charge in [-0.2, -0.15) is 0 Å². The first-order valence-electron chi connectivity index (χ1n) is 6.37. The highest BCUT2D eigenvalue weighted by Gasteiger charge is 2.21. The van der Waals surface area contributed by atoms with Crippen molar-refractivity contribution < 1.29 is 4.74 Å². The zero-order valence-corrected chi connectivity index (χ0v) is 11.3. The lowest BCUT2D eigenvalue weighted by molar-refractivity contribution is 0.0999. The van der Waals surface area contributed by atoms with E-state index in [0.29, 0.717) is 16.9 Å². The molecule has 0 saturated carbocycles. The monoisotopic (exact) mass is 264 g/mol. The third kappa shape index (κ3) is 4.03. The molecular formula is C14H20N2OS. The first kappa shape index (κ1) is 13.4. The molecule has 1 heterocycles. The SMILES string of the molecule is N=C(N)CC(SC1CCOCC1)c1ccccc1. The van der Waals surface area contributed by atoms with Gasteiger partial charge in [0.1, 0.15) is 0 Å². The molecule has 1 atom stereocenters. The van der Waals surface area contributed by atoms with E-state index in [1.807, 2.05) is 30.0 Å². The summed E-state index contributed by atoms with van der Waals surface area (Å²) in [5.41, 5.74) is 6.85. The van der Waals surface area contributed by atoms with Crippen LogP contribution in [0.3, 0.4) is 0 Å². The second-order valence-electron chi connectivity index (χ2n) is 4.58. The molecule has 0 bridgehead atoms. The van der Waals surface area contributed by atoms with Crippen LogP contribution in [0, 0.1) is 5.41 Å². The predicted molar refractivity (Wildman–Crippen MR) is 77.1 cm³/mol. The highest BCUT2D eigenvalue weighted by Crippen LogP contribution is 2.38. The normalized spacial score (nSPS) is 18.4. The van der Waals surface area contributed by atoms with E-state index in [0.717, 1.165) is 26.1 Å². The van der Waals surface area contributed by atoms with E-state index in [1.165, 1.54) is 5.56 Å². The molecule has 0 radical (unpaired) electrons. The molecule has 1 aromatic carbocycles. The van der Waals surface area contributed by atoms with Crippen molar-refractivity contribution in [2.24, 2.45) is 5.73 Å². The quantitative estimate of drug-likeness (QED) is 0.635. The van der Waals surface area contributed by atoms with Gasteiger partial charge in [0.25, 0.3) is 0 Å². The Labute approximate surface area is 113 Å². The summed E-state index contributed by atoms with van der Waals surface area (Å²) in [6.07, 6.45) is 2.84. The van der Waals surface area contributed by atoms with Crippen molar-refractivity contribution in [1.82, 2.24) is 0 Å². The minimum absolute atomic E-state index is 0.267. The molecule has 1 saturated heterocycles. The third-order valence-electron chi connectivity index (χ3n) is 3.10. The van der Waals surface area contributed by atoms with E-state index in [4.69, 9.17) is 15.9 Å². The molecule has 1 aliphatic heterocycles. The summed E-state index contributed by atoms with van der Waals surface area (Å²) in [4.78, 5) is 0. The van der Waals surface area contributed by atoms with Gasteiger partial charge >= 0.3 is 0 Å². The van der Waals surface area contributed by atoms with Gasteiger partial charge in [0.15, 0.2) is 0 Å². The van der Waals surface area contributed by atoms with E-state index in [2.05, 4.69) is 12.1 Å². The van der Waals surface area contributed by atoms with Crippen molar-refractivity contribution in [1.29, 1.82) is 5.41 Å². The summed E-state index contributed by atoms with van der Waals surface area (Å²) in [6, 6.07) is 10.4. The first-order valence-corrected chi connectivity index (χ1v) is 7.31. The number of amidine groups is 1. The minimum Gasteiger partial charge on any atom is -0.388 e. The van der Waals surface area contributed by atoms with Gasteiger partial charge < -0.3 is 10.5 Å². The van der Waals surface area contributed by atoms with Crippen molar-refractivity contribution in [2.45, 2.75) is 29.8 Å². The Balaban J connectivity index is 2.02. The van der Waals surface area contributed by atoms with Gasteiger partial charge in [0.05, 0.1) is 5.84 Å². The Morgan fingerprint density at radius 2 is 2.00 bits per heavy atom. The van der Waals surface area contributed by atoms with Crippen molar-refractivity contribution in [3.63, 3.8) is 0 Å². The van der Waals surface area contributed by atoms with Crippen LogP contribution in [-0.4, -0.2) is 24.3 Å². The van der Waals surface area contributed by atoms with Gasteiger partial charge in [-0.3, -0.25) is 5.41 Å². The van der Waals surface area contributed by atoms with E-state index >= 15 is 0 Å². The zero-order chi connectivity index (χ0) is 12.8. The van der Waals surface area contributed by atoms with Gasteiger partial charge in [-0.15, -0.1) is 11.8 Å². The van der Waals surface area contributed by atoms with Crippen LogP contribution >= 0.6 is 11.8 Å². The Morgan fingerprint density at radius 3 is 2.61 bits per heavy atom. The lowest BCUT2D eigenvalue weighted by Crippen LogP contribution is -2.20. The molecule has 0 aromatic heterocycles. The van der Waals surface area contributed by atoms with E-state index in [-0.39, 0.29) is 5.84 Å². The maximum Gasteiger partial charge on any atom is 0.0919 e. The van der Waals surface area contributed by atoms with Crippen LogP contribution in [0.15, 0.2) is 30.3 Å². The van der Waals surface area contributed by atoms with Crippen LogP contribution in [-0.2, 0) is 4.74 Å². The Kier molecular flexibility index (Phi) is 5.08. The number of hydrogen-bond donors (Lipinski definition) is 2. The molecule has 1 aromatic rings. The van der Waals surface area contributed by atoms with Gasteiger partial charge in [0, 0.05) is 30.1 Å². The van der Waals surface area contributed by atoms with Crippen LogP contribution in [0.2, 0.25) is 0 Å². The summed E-state index contributed by atoms with van der Waals surface area (Å²) < 4.78 is 5.39. The van der Waals surface area contributed by atoms with Gasteiger partial charge in [0.2, 0.25) is 0 Å². The Hall–Kier alpha value is -1.00. The summed E-state index contributed by atoms with van der Waals surface area (Å²) >= 11 is 1.95. The van der Waals surface area contributed by atoms with Gasteiger partial charge in [-0.1, -0.05) is 30.3 Å². The van der Waals surface area contributed by atoms with Crippen LogP contribution in [0.1, 0.15) is 30.1 Å². The van der Waals surface area contributed by atoms with Crippen LogP contribution in [0.25, 0.3) is 0 Å². The summed E-state index contributed by atoms with van der Waals surface area (Å²) in [7, 11) is 0. The molecule has 98 valence electrons. The molecule has 1 unspecified atom stereocenters. The number of hydrogen-bond acceptors (Lipinski definition) is 3. The average Bonchev–Trinajstić information content (AvgIpc) is 2.40. The molecule has 2 rings (SSSR count). The van der Waals surface area contributed by atoms with Crippen LogP contribution < -0.4 is 5.73 Å². The number of rotatable bonds is 5. The average molecular weight is 264 g/mol. The standard InChI is InChI=1S/C14H20N2OS/c15-14(16)10-13(11-4-2-1-3-5-11)18-12-6-8-17-9-7-12/h1-5,12-13H,6-10H2,(H3,15,16). The van der Waals surface area contributed by atoms with Crippen molar-refractivity contribution in [3.05, 3.63) is 35.9 Å². The maximum atomic E-state index is 7.53. The lowest BCUT2D eigenvalue weighted by atomic mass is 10.1. The number of nitrogens with two attached hydrogens (primary N) is 1. The molecule has 1 aliphatic rings. The fourth-order valence-corrected chi connectivity index (χ4v) is 3.68. The summed E-state index contributed by atoms with van der Waals surface area (Å²) in [5.74, 6) is 0.267. The number of thioether (sulfide) groups is 1. The van der Waals surface area contributed by atoms with Crippen molar-refractivity contribution >= 4 is 17.6 Å². The van der Waals surface area contributed by atoms with Gasteiger partial charge in [-0.25, -0.2) is 0 Å². The number of nitrogens with one attached hydrogen (secondary N) is 1. The van der Waals surface area contributed by atoms with Crippen molar-refractivity contribution in [2.75, 3.05) is 13.2 Å². The fourth-order valence-electron chi connectivity index (χ4n) is 2.16. The van der Waals surface area contributed by atoms with Crippen molar-refractivity contribution in [3.8, 4) is 0 Å². The molecule has 3 N–H and O–H groups in total. The first-order chi connectivity index (χ1) is 8.75. The predicted octanol–water partition coefficient (Wildman–Crippen LogP) is 2.97. The molecular weight excluding hydrogens is 244 g/mol. The molecule has 0 amide bonds. The fraction of sp³-hybridized carbons (Fsp3) is 0.500. The Bertz CT molecular complexity index is 377. The van der Waals surface area contributed by atoms with Crippen LogP contribution in [0.5, 0.6) is 0 Å². The number of ether oxygens (including phenoxy) is 1. The second-order valence-corrected chi connectivity index (χ2v) is 6.08. The molecule has 3 nitrogen and oxygen atoms in total. The van der Waals surface area contributed by atoms with E-state index in [9.17, 15) is 0 Å². The third-order valence-corrected chi connectivity index (χ3v) is 4.73. The van der Waals surface area contributed by atoms with E-state index in [1.54, 1.807) is 0 Å². The Morgan fingerprint density at radius 1 is 1.33 bits per heavy atom. The van der Waals surface area contributed by atoms with Gasteiger partial charge in [-0.05, 0) is 18.4 Å². The largest absolute Gasteiger partial charge is 0.388 e. The second kappa shape index (κ2) is 6.81. The highest BCUT2D eigenvalue weighted by molar-refractivity contribution is 8.00. The maximum absolute atomic E-state index is 7.53. The summed E-state index contributed by atoms with van der Waals surface area (Å²) in [6.45, 7) is 1.72. The molecule has 1 fully saturated rings. The highest BCUT2D eigenvalue weighted by atomic mass is 32.2. The van der Waals surface area contributed by atoms with E-state index < -0.39 is 0 Å². The molecule has 18 heavy (non-hydrogen) atoms. The number of benzene rings is 1. The smallest absolute Gasteiger partial charge is 0.0919 e. The van der Waals surface area contributed by atoms with Crippen LogP contribution in [0.4, 0.5) is 0 Å². The lowest BCUT2D eigenvalue weighted by Gasteiger charge is -2.26.